The fourth-order valence-electron chi connectivity index (χ4n) is 3.24. The molecule has 2 atom stereocenters. The van der Waals surface area contributed by atoms with E-state index >= 15 is 0 Å². The molecule has 0 saturated carbocycles. The number of fused-ring (bicyclic) bond motifs is 1. The minimum Gasteiger partial charge on any atom is -0.485 e. The molecule has 0 radical (unpaired) electrons. The third-order valence-electron chi connectivity index (χ3n) is 4.70. The van der Waals surface area contributed by atoms with E-state index in [-0.39, 0.29) is 18.6 Å². The van der Waals surface area contributed by atoms with Gasteiger partial charge in [-0.3, -0.25) is 9.69 Å². The maximum absolute atomic E-state index is 13.3. The van der Waals surface area contributed by atoms with Crippen molar-refractivity contribution in [1.29, 1.82) is 0 Å². The van der Waals surface area contributed by atoms with Crippen molar-refractivity contribution in [1.82, 2.24) is 4.90 Å². The second-order valence-corrected chi connectivity index (χ2v) is 7.67. The van der Waals surface area contributed by atoms with E-state index in [1.54, 1.807) is 16.7 Å². The Hall–Kier alpha value is -2.47. The average molecular weight is 382 g/mol. The lowest BCUT2D eigenvalue weighted by Gasteiger charge is -2.31. The first-order valence-electron chi connectivity index (χ1n) is 9.15. The van der Waals surface area contributed by atoms with Crippen LogP contribution < -0.4 is 9.47 Å². The molecular formula is C21H22N2O3S. The number of amides is 1. The fraction of sp³-hybridized carbons (Fsp3) is 0.333. The second kappa shape index (κ2) is 7.64. The topological polar surface area (TPSA) is 51.1 Å². The summed E-state index contributed by atoms with van der Waals surface area (Å²) in [5.41, 5.74) is 2.00. The van der Waals surface area contributed by atoms with Gasteiger partial charge in [-0.15, -0.1) is 0 Å². The van der Waals surface area contributed by atoms with Gasteiger partial charge >= 0.3 is 0 Å². The van der Waals surface area contributed by atoms with E-state index in [2.05, 4.69) is 6.92 Å². The zero-order chi connectivity index (χ0) is 18.8. The maximum Gasteiger partial charge on any atom is 0.273 e. The summed E-state index contributed by atoms with van der Waals surface area (Å²) in [5.74, 6) is 2.04. The predicted octanol–water partition coefficient (Wildman–Crippen LogP) is 4.18. The van der Waals surface area contributed by atoms with Gasteiger partial charge in [-0.05, 0) is 43.2 Å². The van der Waals surface area contributed by atoms with Crippen molar-refractivity contribution in [3.8, 4) is 11.5 Å². The van der Waals surface area contributed by atoms with Gasteiger partial charge in [0, 0.05) is 11.8 Å². The highest BCUT2D eigenvalue weighted by molar-refractivity contribution is 8.14. The van der Waals surface area contributed by atoms with Gasteiger partial charge in [-0.25, -0.2) is 4.99 Å². The molecule has 4 rings (SSSR count). The van der Waals surface area contributed by atoms with E-state index < -0.39 is 6.10 Å². The van der Waals surface area contributed by atoms with Gasteiger partial charge in [0.2, 0.25) is 6.10 Å². The Bertz CT molecular complexity index is 883. The van der Waals surface area contributed by atoms with Gasteiger partial charge < -0.3 is 9.47 Å². The van der Waals surface area contributed by atoms with Crippen LogP contribution in [0.2, 0.25) is 0 Å². The Balaban J connectivity index is 1.60. The van der Waals surface area contributed by atoms with Crippen molar-refractivity contribution in [2.24, 2.45) is 4.99 Å². The van der Waals surface area contributed by atoms with Crippen LogP contribution in [-0.4, -0.2) is 40.5 Å². The highest BCUT2D eigenvalue weighted by Crippen LogP contribution is 2.34. The standard InChI is InChI=1S/C21H22N2O3S/c1-3-16-13-27-21(22-15-8-6-7-14(2)11-15)23(16)20(24)19-12-25-17-9-4-5-10-18(17)26-19/h4-11,16,19H,3,12-13H2,1-2H3/t16-,19-/m0/s1. The number of rotatable bonds is 3. The Morgan fingerprint density at radius 1 is 1.22 bits per heavy atom. The molecule has 0 bridgehead atoms. The number of carbonyl (C=O) groups is 1. The molecule has 140 valence electrons. The molecule has 0 aliphatic carbocycles. The summed E-state index contributed by atoms with van der Waals surface area (Å²) >= 11 is 1.62. The van der Waals surface area contributed by atoms with Crippen molar-refractivity contribution in [2.75, 3.05) is 12.4 Å². The first kappa shape index (κ1) is 17.9. The molecule has 1 amide bonds. The largest absolute Gasteiger partial charge is 0.485 e. The molecule has 0 aromatic heterocycles. The molecular weight excluding hydrogens is 360 g/mol. The lowest BCUT2D eigenvalue weighted by atomic mass is 10.2. The summed E-state index contributed by atoms with van der Waals surface area (Å²) in [4.78, 5) is 19.8. The Kier molecular flexibility index (Phi) is 5.07. The van der Waals surface area contributed by atoms with Crippen LogP contribution in [0.1, 0.15) is 18.9 Å². The number of carbonyl (C=O) groups excluding carboxylic acids is 1. The van der Waals surface area contributed by atoms with E-state index in [9.17, 15) is 4.79 Å². The lowest BCUT2D eigenvalue weighted by Crippen LogP contribution is -2.49. The Morgan fingerprint density at radius 3 is 2.81 bits per heavy atom. The SMILES string of the molecule is CC[C@H]1CSC(=Nc2cccc(C)c2)N1C(=O)[C@@H]1COc2ccccc2O1. The van der Waals surface area contributed by atoms with E-state index in [0.717, 1.165) is 28.6 Å². The molecule has 2 aliphatic heterocycles. The van der Waals surface area contributed by atoms with Crippen LogP contribution in [0.25, 0.3) is 0 Å². The number of aliphatic imine (C=N–C) groups is 1. The first-order valence-corrected chi connectivity index (χ1v) is 10.1. The number of nitrogens with zero attached hydrogens (tertiary/aromatic N) is 2. The number of thioether (sulfide) groups is 1. The van der Waals surface area contributed by atoms with E-state index in [1.165, 1.54) is 0 Å². The van der Waals surface area contributed by atoms with Crippen LogP contribution >= 0.6 is 11.8 Å². The summed E-state index contributed by atoms with van der Waals surface area (Å²) in [5, 5.41) is 0.736. The van der Waals surface area contributed by atoms with Gasteiger partial charge in [0.1, 0.15) is 6.61 Å². The summed E-state index contributed by atoms with van der Waals surface area (Å²) in [6.07, 6.45) is 0.214. The molecule has 1 fully saturated rings. The second-order valence-electron chi connectivity index (χ2n) is 6.68. The number of ether oxygens (including phenoxy) is 2. The zero-order valence-corrected chi connectivity index (χ0v) is 16.2. The molecule has 1 saturated heterocycles. The molecule has 0 spiro atoms. The van der Waals surface area contributed by atoms with Gasteiger partial charge in [0.05, 0.1) is 5.69 Å². The van der Waals surface area contributed by atoms with Crippen LogP contribution in [0, 0.1) is 6.92 Å². The van der Waals surface area contributed by atoms with Crippen LogP contribution in [0.15, 0.2) is 53.5 Å². The van der Waals surface area contributed by atoms with E-state index in [0.29, 0.717) is 11.5 Å². The quantitative estimate of drug-likeness (QED) is 0.799. The maximum atomic E-state index is 13.3. The minimum absolute atomic E-state index is 0.0900. The Labute approximate surface area is 163 Å². The van der Waals surface area contributed by atoms with Crippen molar-refractivity contribution >= 4 is 28.5 Å². The van der Waals surface area contributed by atoms with Gasteiger partial charge in [0.15, 0.2) is 16.7 Å². The third-order valence-corrected chi connectivity index (χ3v) is 5.79. The summed E-state index contributed by atoms with van der Waals surface area (Å²) in [6, 6.07) is 15.5. The molecule has 5 nitrogen and oxygen atoms in total. The van der Waals surface area contributed by atoms with Gasteiger partial charge in [0.25, 0.3) is 5.91 Å². The van der Waals surface area contributed by atoms with Crippen molar-refractivity contribution in [3.63, 3.8) is 0 Å². The number of hydrogen-bond donors (Lipinski definition) is 0. The van der Waals surface area contributed by atoms with Crippen LogP contribution in [0.5, 0.6) is 11.5 Å². The minimum atomic E-state index is -0.657. The molecule has 2 aliphatic rings. The lowest BCUT2D eigenvalue weighted by molar-refractivity contribution is -0.138. The average Bonchev–Trinajstić information content (AvgIpc) is 3.09. The molecule has 27 heavy (non-hydrogen) atoms. The molecule has 2 aromatic carbocycles. The number of aryl methyl sites for hydroxylation is 1. The molecule has 2 heterocycles. The predicted molar refractivity (Wildman–Crippen MR) is 108 cm³/mol. The normalized spacial score (nSPS) is 22.9. The Morgan fingerprint density at radius 2 is 2.04 bits per heavy atom. The van der Waals surface area contributed by atoms with Crippen LogP contribution in [-0.2, 0) is 4.79 Å². The molecule has 2 aromatic rings. The number of para-hydroxylation sites is 2. The summed E-state index contributed by atoms with van der Waals surface area (Å²) < 4.78 is 11.7. The zero-order valence-electron chi connectivity index (χ0n) is 15.4. The first-order chi connectivity index (χ1) is 13.2. The van der Waals surface area contributed by atoms with Crippen molar-refractivity contribution < 1.29 is 14.3 Å². The summed E-state index contributed by atoms with van der Waals surface area (Å²) in [6.45, 7) is 4.34. The molecule has 0 unspecified atom stereocenters. The van der Waals surface area contributed by atoms with Gasteiger partial charge in [-0.2, -0.15) is 0 Å². The molecule has 0 N–H and O–H groups in total. The monoisotopic (exact) mass is 382 g/mol. The van der Waals surface area contributed by atoms with E-state index in [1.807, 2.05) is 55.5 Å². The fourth-order valence-corrected chi connectivity index (χ4v) is 4.51. The van der Waals surface area contributed by atoms with Crippen molar-refractivity contribution in [3.05, 3.63) is 54.1 Å². The highest BCUT2D eigenvalue weighted by atomic mass is 32.2. The third kappa shape index (κ3) is 3.67. The van der Waals surface area contributed by atoms with Gasteiger partial charge in [-0.1, -0.05) is 43.0 Å². The smallest absolute Gasteiger partial charge is 0.273 e. The van der Waals surface area contributed by atoms with Crippen LogP contribution in [0.4, 0.5) is 5.69 Å². The van der Waals surface area contributed by atoms with Crippen molar-refractivity contribution in [2.45, 2.75) is 32.4 Å². The number of hydrogen-bond acceptors (Lipinski definition) is 5. The van der Waals surface area contributed by atoms with E-state index in [4.69, 9.17) is 14.5 Å². The number of benzene rings is 2. The highest BCUT2D eigenvalue weighted by Gasteiger charge is 2.40. The molecule has 6 heteroatoms. The number of amidine groups is 1. The van der Waals surface area contributed by atoms with Crippen LogP contribution in [0.3, 0.4) is 0 Å². The summed E-state index contributed by atoms with van der Waals surface area (Å²) in [7, 11) is 0.